The third-order valence-corrected chi connectivity index (χ3v) is 2.84. The van der Waals surface area contributed by atoms with Crippen molar-refractivity contribution < 1.29 is 9.84 Å². The normalized spacial score (nSPS) is 15.4. The molecule has 0 saturated heterocycles. The minimum absolute atomic E-state index is 0.137. The molecule has 1 aromatic heterocycles. The number of aliphatic hydroxyl groups excluding tert-OH is 1. The average molecular weight is 226 g/mol. The molecule has 0 bridgehead atoms. The van der Waals surface area contributed by atoms with Crippen LogP contribution in [0, 0.1) is 5.92 Å². The van der Waals surface area contributed by atoms with Gasteiger partial charge in [0.25, 0.3) is 0 Å². The SMILES string of the molecule is CCn1ccnc1CC(O)C(OC)C(C)C. The first-order chi connectivity index (χ1) is 7.60. The van der Waals surface area contributed by atoms with Gasteiger partial charge in [-0.2, -0.15) is 0 Å². The summed E-state index contributed by atoms with van der Waals surface area (Å²) in [6.07, 6.45) is 3.60. The molecule has 1 rings (SSSR count). The molecule has 1 N–H and O–H groups in total. The van der Waals surface area contributed by atoms with Crippen LogP contribution in [0.25, 0.3) is 0 Å². The minimum atomic E-state index is -0.502. The van der Waals surface area contributed by atoms with E-state index in [1.54, 1.807) is 13.3 Å². The molecule has 2 atom stereocenters. The first-order valence-corrected chi connectivity index (χ1v) is 5.81. The Balaban J connectivity index is 2.66. The summed E-state index contributed by atoms with van der Waals surface area (Å²) >= 11 is 0. The van der Waals surface area contributed by atoms with Crippen molar-refractivity contribution in [2.75, 3.05) is 7.11 Å². The number of hydrogen-bond acceptors (Lipinski definition) is 3. The number of methoxy groups -OCH3 is 1. The fourth-order valence-electron chi connectivity index (χ4n) is 1.99. The van der Waals surface area contributed by atoms with E-state index in [2.05, 4.69) is 11.9 Å². The zero-order chi connectivity index (χ0) is 12.1. The number of aromatic nitrogens is 2. The van der Waals surface area contributed by atoms with Crippen LogP contribution < -0.4 is 0 Å². The summed E-state index contributed by atoms with van der Waals surface area (Å²) in [6, 6.07) is 0. The van der Waals surface area contributed by atoms with Crippen LogP contribution in [-0.4, -0.2) is 34.0 Å². The highest BCUT2D eigenvalue weighted by molar-refractivity contribution is 4.95. The number of rotatable bonds is 6. The second-order valence-electron chi connectivity index (χ2n) is 4.35. The van der Waals surface area contributed by atoms with Crippen molar-refractivity contribution >= 4 is 0 Å². The Labute approximate surface area is 97.3 Å². The van der Waals surface area contributed by atoms with Gasteiger partial charge < -0.3 is 14.4 Å². The van der Waals surface area contributed by atoms with Gasteiger partial charge in [0.05, 0.1) is 12.2 Å². The largest absolute Gasteiger partial charge is 0.390 e. The first-order valence-electron chi connectivity index (χ1n) is 5.81. The van der Waals surface area contributed by atoms with Crippen LogP contribution in [0.4, 0.5) is 0 Å². The van der Waals surface area contributed by atoms with Gasteiger partial charge in [-0.15, -0.1) is 0 Å². The predicted molar refractivity (Wildman–Crippen MR) is 63.2 cm³/mol. The third-order valence-electron chi connectivity index (χ3n) is 2.84. The van der Waals surface area contributed by atoms with Crippen LogP contribution in [0.5, 0.6) is 0 Å². The number of imidazole rings is 1. The lowest BCUT2D eigenvalue weighted by atomic mass is 9.99. The molecule has 4 heteroatoms. The van der Waals surface area contributed by atoms with Crippen molar-refractivity contribution in [2.24, 2.45) is 5.92 Å². The van der Waals surface area contributed by atoms with E-state index in [1.807, 2.05) is 24.6 Å². The maximum absolute atomic E-state index is 10.1. The molecule has 0 aromatic carbocycles. The summed E-state index contributed by atoms with van der Waals surface area (Å²) in [6.45, 7) is 7.03. The van der Waals surface area contributed by atoms with Gasteiger partial charge in [0, 0.05) is 32.5 Å². The summed E-state index contributed by atoms with van der Waals surface area (Å²) in [7, 11) is 1.64. The lowest BCUT2D eigenvalue weighted by molar-refractivity contribution is -0.0378. The van der Waals surface area contributed by atoms with Crippen molar-refractivity contribution in [2.45, 2.75) is 45.9 Å². The van der Waals surface area contributed by atoms with E-state index in [1.165, 1.54) is 0 Å². The van der Waals surface area contributed by atoms with E-state index < -0.39 is 6.10 Å². The van der Waals surface area contributed by atoms with Gasteiger partial charge in [-0.25, -0.2) is 4.98 Å². The van der Waals surface area contributed by atoms with Crippen LogP contribution in [0.2, 0.25) is 0 Å². The number of aliphatic hydroxyl groups is 1. The van der Waals surface area contributed by atoms with Crippen LogP contribution >= 0.6 is 0 Å². The molecule has 0 aliphatic carbocycles. The molecule has 0 radical (unpaired) electrons. The maximum atomic E-state index is 10.1. The molecule has 16 heavy (non-hydrogen) atoms. The van der Waals surface area contributed by atoms with E-state index in [4.69, 9.17) is 4.74 Å². The van der Waals surface area contributed by atoms with Gasteiger partial charge in [0.15, 0.2) is 0 Å². The highest BCUT2D eigenvalue weighted by Gasteiger charge is 2.23. The quantitative estimate of drug-likeness (QED) is 0.799. The van der Waals surface area contributed by atoms with Crippen molar-refractivity contribution in [3.63, 3.8) is 0 Å². The second kappa shape index (κ2) is 6.01. The van der Waals surface area contributed by atoms with E-state index in [-0.39, 0.29) is 6.10 Å². The fraction of sp³-hybridized carbons (Fsp3) is 0.750. The topological polar surface area (TPSA) is 47.3 Å². The second-order valence-corrected chi connectivity index (χ2v) is 4.35. The highest BCUT2D eigenvalue weighted by atomic mass is 16.5. The molecule has 4 nitrogen and oxygen atoms in total. The van der Waals surface area contributed by atoms with Crippen molar-refractivity contribution in [3.05, 3.63) is 18.2 Å². The van der Waals surface area contributed by atoms with Gasteiger partial charge in [0.2, 0.25) is 0 Å². The first kappa shape index (κ1) is 13.2. The summed E-state index contributed by atoms with van der Waals surface area (Å²) < 4.78 is 7.35. The molecule has 0 aliphatic heterocycles. The van der Waals surface area contributed by atoms with Gasteiger partial charge in [-0.1, -0.05) is 13.8 Å². The molecule has 92 valence electrons. The standard InChI is InChI=1S/C12H22N2O2/c1-5-14-7-6-13-11(14)8-10(15)12(16-4)9(2)3/h6-7,9-10,12,15H,5,8H2,1-4H3. The maximum Gasteiger partial charge on any atom is 0.111 e. The van der Waals surface area contributed by atoms with Crippen LogP contribution in [0.1, 0.15) is 26.6 Å². The Hall–Kier alpha value is -0.870. The van der Waals surface area contributed by atoms with Gasteiger partial charge >= 0.3 is 0 Å². The van der Waals surface area contributed by atoms with E-state index in [0.29, 0.717) is 12.3 Å². The van der Waals surface area contributed by atoms with Crippen molar-refractivity contribution in [3.8, 4) is 0 Å². The third kappa shape index (κ3) is 3.06. The van der Waals surface area contributed by atoms with Crippen LogP contribution in [0.3, 0.4) is 0 Å². The Kier molecular flexibility index (Phi) is 4.96. The highest BCUT2D eigenvalue weighted by Crippen LogP contribution is 2.14. The summed E-state index contributed by atoms with van der Waals surface area (Å²) in [4.78, 5) is 4.25. The Bertz CT molecular complexity index is 310. The number of aryl methyl sites for hydroxylation is 1. The van der Waals surface area contributed by atoms with E-state index in [0.717, 1.165) is 12.4 Å². The molecule has 0 fully saturated rings. The summed E-state index contributed by atoms with van der Waals surface area (Å²) in [5, 5.41) is 10.1. The number of ether oxygens (including phenoxy) is 1. The molecule has 1 aromatic rings. The van der Waals surface area contributed by atoms with Gasteiger partial charge in [0.1, 0.15) is 5.82 Å². The molecule has 0 spiro atoms. The average Bonchev–Trinajstić information content (AvgIpc) is 2.65. The Morgan fingerprint density at radius 3 is 2.69 bits per heavy atom. The number of hydrogen-bond donors (Lipinski definition) is 1. The lowest BCUT2D eigenvalue weighted by Crippen LogP contribution is -2.35. The van der Waals surface area contributed by atoms with Crippen LogP contribution in [0.15, 0.2) is 12.4 Å². The Morgan fingerprint density at radius 1 is 1.50 bits per heavy atom. The zero-order valence-corrected chi connectivity index (χ0v) is 10.6. The van der Waals surface area contributed by atoms with Crippen molar-refractivity contribution in [1.29, 1.82) is 0 Å². The molecular formula is C12H22N2O2. The monoisotopic (exact) mass is 226 g/mol. The fourth-order valence-corrected chi connectivity index (χ4v) is 1.99. The van der Waals surface area contributed by atoms with Crippen molar-refractivity contribution in [1.82, 2.24) is 9.55 Å². The predicted octanol–water partition coefficient (Wildman–Crippen LogP) is 1.48. The van der Waals surface area contributed by atoms with E-state index in [9.17, 15) is 5.11 Å². The number of nitrogens with zero attached hydrogens (tertiary/aromatic N) is 2. The zero-order valence-electron chi connectivity index (χ0n) is 10.6. The molecule has 0 amide bonds. The Morgan fingerprint density at radius 2 is 2.19 bits per heavy atom. The molecule has 0 saturated carbocycles. The molecule has 2 unspecified atom stereocenters. The van der Waals surface area contributed by atoms with Gasteiger partial charge in [-0.05, 0) is 12.8 Å². The molecular weight excluding hydrogens is 204 g/mol. The minimum Gasteiger partial charge on any atom is -0.390 e. The summed E-state index contributed by atoms with van der Waals surface area (Å²) in [5.41, 5.74) is 0. The van der Waals surface area contributed by atoms with E-state index >= 15 is 0 Å². The van der Waals surface area contributed by atoms with Crippen LogP contribution in [-0.2, 0) is 17.7 Å². The molecule has 1 heterocycles. The molecule has 0 aliphatic rings. The lowest BCUT2D eigenvalue weighted by Gasteiger charge is -2.24. The van der Waals surface area contributed by atoms with Gasteiger partial charge in [-0.3, -0.25) is 0 Å². The smallest absolute Gasteiger partial charge is 0.111 e. The summed E-state index contributed by atoms with van der Waals surface area (Å²) in [5.74, 6) is 1.21.